The van der Waals surface area contributed by atoms with Gasteiger partial charge in [-0.05, 0) is 62.6 Å². The van der Waals surface area contributed by atoms with Gasteiger partial charge in [-0.2, -0.15) is 4.31 Å². The summed E-state index contributed by atoms with van der Waals surface area (Å²) in [5.74, 6) is -0.375. The van der Waals surface area contributed by atoms with E-state index in [1.165, 1.54) is 13.1 Å². The molecule has 0 spiro atoms. The number of sulfonamides is 1. The Morgan fingerprint density at radius 3 is 2.15 bits per heavy atom. The Morgan fingerprint density at radius 1 is 1.04 bits per heavy atom. The first-order chi connectivity index (χ1) is 12.0. The molecule has 0 bridgehead atoms. The van der Waals surface area contributed by atoms with Gasteiger partial charge in [0.1, 0.15) is 0 Å². The van der Waals surface area contributed by atoms with Crippen molar-refractivity contribution in [3.05, 3.63) is 57.1 Å². The molecule has 0 aliphatic carbocycles. The number of amides is 1. The summed E-state index contributed by atoms with van der Waals surface area (Å²) in [6.45, 7) is 7.39. The highest BCUT2D eigenvalue weighted by atomic mass is 79.9. The molecule has 2 aromatic carbocycles. The van der Waals surface area contributed by atoms with E-state index in [2.05, 4.69) is 21.2 Å². The van der Waals surface area contributed by atoms with Crippen LogP contribution < -0.4 is 5.32 Å². The van der Waals surface area contributed by atoms with E-state index in [-0.39, 0.29) is 17.3 Å². The summed E-state index contributed by atoms with van der Waals surface area (Å²) in [7, 11) is -2.34. The molecule has 0 saturated heterocycles. The fourth-order valence-electron chi connectivity index (χ4n) is 2.80. The number of rotatable bonds is 5. The number of anilines is 1. The molecule has 140 valence electrons. The van der Waals surface area contributed by atoms with Crippen molar-refractivity contribution in [2.24, 2.45) is 0 Å². The predicted molar refractivity (Wildman–Crippen MR) is 108 cm³/mol. The van der Waals surface area contributed by atoms with Gasteiger partial charge in [-0.25, -0.2) is 8.42 Å². The Labute approximate surface area is 163 Å². The minimum atomic E-state index is -3.74. The molecule has 1 amide bonds. The van der Waals surface area contributed by atoms with E-state index in [1.54, 1.807) is 12.1 Å². The topological polar surface area (TPSA) is 66.5 Å². The normalized spacial score (nSPS) is 11.7. The zero-order valence-electron chi connectivity index (χ0n) is 15.6. The highest BCUT2D eigenvalue weighted by Crippen LogP contribution is 2.23. The van der Waals surface area contributed by atoms with Crippen LogP contribution in [-0.2, 0) is 14.8 Å². The number of benzene rings is 2. The van der Waals surface area contributed by atoms with Gasteiger partial charge in [-0.3, -0.25) is 4.79 Å². The molecule has 0 aromatic heterocycles. The van der Waals surface area contributed by atoms with Gasteiger partial charge in [0.15, 0.2) is 0 Å². The molecule has 5 nitrogen and oxygen atoms in total. The third kappa shape index (κ3) is 4.52. The maximum Gasteiger partial charge on any atom is 0.243 e. The molecule has 1 N–H and O–H groups in total. The van der Waals surface area contributed by atoms with Gasteiger partial charge in [-0.1, -0.05) is 33.6 Å². The number of aryl methyl sites for hydroxylation is 4. The molecule has 2 rings (SSSR count). The van der Waals surface area contributed by atoms with Crippen LogP contribution in [0.1, 0.15) is 22.3 Å². The number of carbonyl (C=O) groups excluding carboxylic acids is 1. The van der Waals surface area contributed by atoms with Crippen LogP contribution in [0.4, 0.5) is 5.69 Å². The van der Waals surface area contributed by atoms with Crippen LogP contribution >= 0.6 is 15.9 Å². The van der Waals surface area contributed by atoms with Gasteiger partial charge in [0.05, 0.1) is 11.4 Å². The van der Waals surface area contributed by atoms with Crippen molar-refractivity contribution in [2.75, 3.05) is 18.9 Å². The second-order valence-electron chi connectivity index (χ2n) is 6.49. The number of hydrogen-bond donors (Lipinski definition) is 1. The molecular formula is C19H23BrN2O3S. The van der Waals surface area contributed by atoms with Crippen LogP contribution in [0.3, 0.4) is 0 Å². The van der Waals surface area contributed by atoms with Crippen molar-refractivity contribution in [2.45, 2.75) is 32.6 Å². The first-order valence-corrected chi connectivity index (χ1v) is 10.4. The molecule has 0 heterocycles. The first kappa shape index (κ1) is 20.6. The zero-order valence-corrected chi connectivity index (χ0v) is 18.0. The predicted octanol–water partition coefficient (Wildman–Crippen LogP) is 3.94. The fraction of sp³-hybridized carbons (Fsp3) is 0.316. The van der Waals surface area contributed by atoms with Crippen LogP contribution in [0.15, 0.2) is 39.7 Å². The smallest absolute Gasteiger partial charge is 0.243 e. The van der Waals surface area contributed by atoms with Gasteiger partial charge in [0.2, 0.25) is 15.9 Å². The van der Waals surface area contributed by atoms with Crippen LogP contribution in [0.25, 0.3) is 0 Å². The Kier molecular flexibility index (Phi) is 6.26. The Morgan fingerprint density at radius 2 is 1.62 bits per heavy atom. The van der Waals surface area contributed by atoms with E-state index in [9.17, 15) is 13.2 Å². The average molecular weight is 439 g/mol. The quantitative estimate of drug-likeness (QED) is 0.768. The van der Waals surface area contributed by atoms with Crippen LogP contribution in [0, 0.1) is 27.7 Å². The van der Waals surface area contributed by atoms with E-state index in [4.69, 9.17) is 0 Å². The molecule has 7 heteroatoms. The molecule has 0 radical (unpaired) electrons. The van der Waals surface area contributed by atoms with E-state index in [1.807, 2.05) is 39.8 Å². The molecule has 0 aliphatic heterocycles. The van der Waals surface area contributed by atoms with Crippen molar-refractivity contribution in [1.82, 2.24) is 4.31 Å². The lowest BCUT2D eigenvalue weighted by atomic mass is 10.1. The van der Waals surface area contributed by atoms with Crippen molar-refractivity contribution >= 4 is 37.5 Å². The molecule has 0 unspecified atom stereocenters. The number of halogens is 1. The molecule has 26 heavy (non-hydrogen) atoms. The summed E-state index contributed by atoms with van der Waals surface area (Å²) >= 11 is 3.36. The SMILES string of the molecule is Cc1cc(C)c(NC(=O)CN(C)S(=O)(=O)c2ccc(Br)c(C)c2)c(C)c1. The van der Waals surface area contributed by atoms with E-state index >= 15 is 0 Å². The standard InChI is InChI=1S/C19H23BrN2O3S/c1-12-8-14(3)19(15(4)9-12)21-18(23)11-22(5)26(24,25)16-6-7-17(20)13(2)10-16/h6-10H,11H2,1-5H3,(H,21,23). The number of likely N-dealkylation sites (N-methyl/N-ethyl adjacent to an activating group) is 1. The molecule has 0 fully saturated rings. The minimum Gasteiger partial charge on any atom is -0.324 e. The summed E-state index contributed by atoms with van der Waals surface area (Å²) in [6.07, 6.45) is 0. The highest BCUT2D eigenvalue weighted by Gasteiger charge is 2.23. The third-order valence-corrected chi connectivity index (χ3v) is 6.83. The van der Waals surface area contributed by atoms with Crippen molar-refractivity contribution in [3.8, 4) is 0 Å². The molecular weight excluding hydrogens is 416 g/mol. The minimum absolute atomic E-state index is 0.163. The average Bonchev–Trinajstić information content (AvgIpc) is 2.53. The van der Waals surface area contributed by atoms with Gasteiger partial charge in [-0.15, -0.1) is 0 Å². The van der Waals surface area contributed by atoms with Crippen molar-refractivity contribution < 1.29 is 13.2 Å². The monoisotopic (exact) mass is 438 g/mol. The molecule has 0 atom stereocenters. The molecule has 2 aromatic rings. The number of nitrogens with one attached hydrogen (secondary N) is 1. The van der Waals surface area contributed by atoms with E-state index in [0.29, 0.717) is 0 Å². The maximum atomic E-state index is 12.7. The Balaban J connectivity index is 2.17. The second kappa shape index (κ2) is 7.90. The lowest BCUT2D eigenvalue weighted by molar-refractivity contribution is -0.116. The number of carbonyl (C=O) groups is 1. The summed E-state index contributed by atoms with van der Waals surface area (Å²) < 4.78 is 27.3. The highest BCUT2D eigenvalue weighted by molar-refractivity contribution is 9.10. The lowest BCUT2D eigenvalue weighted by Gasteiger charge is -2.19. The number of nitrogens with zero attached hydrogens (tertiary/aromatic N) is 1. The number of hydrogen-bond acceptors (Lipinski definition) is 3. The summed E-state index contributed by atoms with van der Waals surface area (Å²) in [6, 6.07) is 8.76. The van der Waals surface area contributed by atoms with E-state index < -0.39 is 10.0 Å². The van der Waals surface area contributed by atoms with Crippen molar-refractivity contribution in [1.29, 1.82) is 0 Å². The maximum absolute atomic E-state index is 12.7. The second-order valence-corrected chi connectivity index (χ2v) is 9.39. The largest absolute Gasteiger partial charge is 0.324 e. The summed E-state index contributed by atoms with van der Waals surface area (Å²) in [5, 5.41) is 2.83. The lowest BCUT2D eigenvalue weighted by Crippen LogP contribution is -2.35. The van der Waals surface area contributed by atoms with Crippen LogP contribution in [-0.4, -0.2) is 32.2 Å². The van der Waals surface area contributed by atoms with E-state index in [0.717, 1.165) is 36.7 Å². The fourth-order valence-corrected chi connectivity index (χ4v) is 4.26. The van der Waals surface area contributed by atoms with Gasteiger partial charge in [0, 0.05) is 17.2 Å². The van der Waals surface area contributed by atoms with Gasteiger partial charge >= 0.3 is 0 Å². The van der Waals surface area contributed by atoms with Crippen molar-refractivity contribution in [3.63, 3.8) is 0 Å². The Hall–Kier alpha value is -1.70. The molecule has 0 saturated carbocycles. The zero-order chi connectivity index (χ0) is 19.6. The third-order valence-electron chi connectivity index (χ3n) is 4.15. The van der Waals surface area contributed by atoms with Crippen LogP contribution in [0.2, 0.25) is 0 Å². The summed E-state index contributed by atoms with van der Waals surface area (Å²) in [4.78, 5) is 12.5. The van der Waals surface area contributed by atoms with Crippen LogP contribution in [0.5, 0.6) is 0 Å². The van der Waals surface area contributed by atoms with Gasteiger partial charge in [0.25, 0.3) is 0 Å². The first-order valence-electron chi connectivity index (χ1n) is 8.12. The molecule has 0 aliphatic rings. The van der Waals surface area contributed by atoms with Gasteiger partial charge < -0.3 is 5.32 Å². The summed E-state index contributed by atoms with van der Waals surface area (Å²) in [5.41, 5.74) is 4.55. The Bertz CT molecular complexity index is 932.